The van der Waals surface area contributed by atoms with Gasteiger partial charge in [-0.3, -0.25) is 4.79 Å². The molecular formula is C13H26O4Si. The fourth-order valence-corrected chi connectivity index (χ4v) is 2.22. The summed E-state index contributed by atoms with van der Waals surface area (Å²) in [6.45, 7) is 12.5. The number of rotatable bonds is 7. The fourth-order valence-electron chi connectivity index (χ4n) is 1.18. The third-order valence-corrected chi connectivity index (χ3v) is 7.88. The number of ether oxygens (including phenoxy) is 1. The van der Waals surface area contributed by atoms with E-state index in [0.717, 1.165) is 6.29 Å². The molecule has 0 bridgehead atoms. The zero-order valence-electron chi connectivity index (χ0n) is 12.4. The lowest BCUT2D eigenvalue weighted by Crippen LogP contribution is -2.43. The van der Waals surface area contributed by atoms with Crippen molar-refractivity contribution in [2.75, 3.05) is 6.61 Å². The van der Waals surface area contributed by atoms with Gasteiger partial charge in [0.25, 0.3) is 0 Å². The van der Waals surface area contributed by atoms with Crippen LogP contribution < -0.4 is 0 Å². The SMILES string of the molecule is CC(=O)OC(CCC=O)CO[Si](C)(C)C(C)(C)C. The van der Waals surface area contributed by atoms with Crippen LogP contribution in [0.15, 0.2) is 0 Å². The molecule has 0 saturated heterocycles. The van der Waals surface area contributed by atoms with E-state index in [-0.39, 0.29) is 17.1 Å². The molecule has 0 amide bonds. The van der Waals surface area contributed by atoms with Crippen molar-refractivity contribution in [1.82, 2.24) is 0 Å². The molecule has 4 nitrogen and oxygen atoms in total. The Labute approximate surface area is 111 Å². The van der Waals surface area contributed by atoms with Gasteiger partial charge in [-0.1, -0.05) is 20.8 Å². The average molecular weight is 274 g/mol. The number of hydrogen-bond acceptors (Lipinski definition) is 4. The maximum atomic E-state index is 11.0. The van der Waals surface area contributed by atoms with E-state index in [2.05, 4.69) is 33.9 Å². The van der Waals surface area contributed by atoms with Gasteiger partial charge < -0.3 is 14.0 Å². The van der Waals surface area contributed by atoms with Crippen LogP contribution in [0.3, 0.4) is 0 Å². The Hall–Kier alpha value is -0.683. The first-order valence-electron chi connectivity index (χ1n) is 6.35. The lowest BCUT2D eigenvalue weighted by atomic mass is 10.2. The highest BCUT2D eigenvalue weighted by atomic mass is 28.4. The van der Waals surface area contributed by atoms with Gasteiger partial charge in [-0.25, -0.2) is 0 Å². The summed E-state index contributed by atoms with van der Waals surface area (Å²) < 4.78 is 11.2. The molecule has 0 rings (SSSR count). The van der Waals surface area contributed by atoms with Crippen molar-refractivity contribution < 1.29 is 18.8 Å². The summed E-state index contributed by atoms with van der Waals surface area (Å²) >= 11 is 0. The molecule has 0 aliphatic carbocycles. The van der Waals surface area contributed by atoms with Gasteiger partial charge in [0, 0.05) is 13.3 Å². The van der Waals surface area contributed by atoms with Crippen LogP contribution in [0.1, 0.15) is 40.5 Å². The standard InChI is InChI=1S/C13H26O4Si/c1-11(15)17-12(8-7-9-14)10-16-18(5,6)13(2,3)4/h9,12H,7-8,10H2,1-6H3. The van der Waals surface area contributed by atoms with E-state index in [9.17, 15) is 9.59 Å². The Morgan fingerprint density at radius 3 is 2.28 bits per heavy atom. The molecule has 18 heavy (non-hydrogen) atoms. The van der Waals surface area contributed by atoms with Gasteiger partial charge in [0.15, 0.2) is 8.32 Å². The van der Waals surface area contributed by atoms with Crippen molar-refractivity contribution in [2.45, 2.75) is 64.8 Å². The van der Waals surface area contributed by atoms with Crippen LogP contribution in [-0.4, -0.2) is 33.3 Å². The molecule has 0 N–H and O–H groups in total. The molecule has 0 aromatic rings. The molecule has 0 radical (unpaired) electrons. The minimum atomic E-state index is -1.84. The van der Waals surface area contributed by atoms with Crippen LogP contribution in [0.5, 0.6) is 0 Å². The first-order valence-corrected chi connectivity index (χ1v) is 9.26. The van der Waals surface area contributed by atoms with E-state index in [1.165, 1.54) is 6.92 Å². The number of esters is 1. The second-order valence-electron chi connectivity index (χ2n) is 6.05. The fraction of sp³-hybridized carbons (Fsp3) is 0.846. The summed E-state index contributed by atoms with van der Waals surface area (Å²) in [5.74, 6) is -0.329. The molecule has 0 aromatic heterocycles. The Balaban J connectivity index is 4.41. The van der Waals surface area contributed by atoms with Crippen LogP contribution in [0.25, 0.3) is 0 Å². The molecule has 0 heterocycles. The molecular weight excluding hydrogens is 248 g/mol. The van der Waals surface area contributed by atoms with Crippen LogP contribution in [0, 0.1) is 0 Å². The van der Waals surface area contributed by atoms with E-state index in [0.29, 0.717) is 19.4 Å². The summed E-state index contributed by atoms with van der Waals surface area (Å²) in [6.07, 6.45) is 1.43. The zero-order valence-corrected chi connectivity index (χ0v) is 13.4. The molecule has 106 valence electrons. The van der Waals surface area contributed by atoms with Crippen molar-refractivity contribution in [3.63, 3.8) is 0 Å². The van der Waals surface area contributed by atoms with Crippen LogP contribution in [0.2, 0.25) is 18.1 Å². The molecule has 0 saturated carbocycles. The monoisotopic (exact) mass is 274 g/mol. The molecule has 0 spiro atoms. The van der Waals surface area contributed by atoms with Crippen LogP contribution >= 0.6 is 0 Å². The number of carbonyl (C=O) groups excluding carboxylic acids is 2. The molecule has 0 fully saturated rings. The van der Waals surface area contributed by atoms with Gasteiger partial charge in [0.2, 0.25) is 0 Å². The van der Waals surface area contributed by atoms with Crippen molar-refractivity contribution in [3.05, 3.63) is 0 Å². The first-order chi connectivity index (χ1) is 8.10. The Kier molecular flexibility index (Phi) is 6.77. The first kappa shape index (κ1) is 17.3. The lowest BCUT2D eigenvalue weighted by Gasteiger charge is -2.37. The van der Waals surface area contributed by atoms with E-state index in [4.69, 9.17) is 9.16 Å². The maximum absolute atomic E-state index is 11.0. The van der Waals surface area contributed by atoms with E-state index >= 15 is 0 Å². The van der Waals surface area contributed by atoms with Gasteiger partial charge in [-0.2, -0.15) is 0 Å². The minimum absolute atomic E-state index is 0.123. The van der Waals surface area contributed by atoms with Gasteiger partial charge >= 0.3 is 5.97 Å². The topological polar surface area (TPSA) is 52.6 Å². The summed E-state index contributed by atoms with van der Waals surface area (Å²) in [7, 11) is -1.84. The van der Waals surface area contributed by atoms with Gasteiger partial charge in [-0.05, 0) is 24.6 Å². The summed E-state index contributed by atoms with van der Waals surface area (Å²) in [6, 6.07) is 0. The second kappa shape index (κ2) is 7.04. The predicted octanol–water partition coefficient (Wildman–Crippen LogP) is 2.92. The largest absolute Gasteiger partial charge is 0.460 e. The molecule has 0 aliphatic heterocycles. The lowest BCUT2D eigenvalue weighted by molar-refractivity contribution is -0.148. The number of carbonyl (C=O) groups is 2. The average Bonchev–Trinajstić information content (AvgIpc) is 2.20. The second-order valence-corrected chi connectivity index (χ2v) is 10.9. The summed E-state index contributed by atoms with van der Waals surface area (Å²) in [5, 5.41) is 0.123. The molecule has 0 aromatic carbocycles. The van der Waals surface area contributed by atoms with Crippen molar-refractivity contribution in [2.24, 2.45) is 0 Å². The minimum Gasteiger partial charge on any atom is -0.460 e. The smallest absolute Gasteiger partial charge is 0.302 e. The maximum Gasteiger partial charge on any atom is 0.302 e. The Morgan fingerprint density at radius 2 is 1.89 bits per heavy atom. The van der Waals surface area contributed by atoms with Gasteiger partial charge in [0.05, 0.1) is 6.61 Å². The molecule has 1 atom stereocenters. The third kappa shape index (κ3) is 6.30. The van der Waals surface area contributed by atoms with Crippen molar-refractivity contribution in [1.29, 1.82) is 0 Å². The summed E-state index contributed by atoms with van der Waals surface area (Å²) in [4.78, 5) is 21.4. The van der Waals surface area contributed by atoms with Gasteiger partial charge in [-0.15, -0.1) is 0 Å². The van der Waals surface area contributed by atoms with Crippen LogP contribution in [-0.2, 0) is 18.8 Å². The van der Waals surface area contributed by atoms with E-state index < -0.39 is 8.32 Å². The Bertz CT molecular complexity index is 281. The van der Waals surface area contributed by atoms with Crippen molar-refractivity contribution >= 4 is 20.6 Å². The van der Waals surface area contributed by atoms with E-state index in [1.807, 2.05) is 0 Å². The zero-order chi connectivity index (χ0) is 14.4. The highest BCUT2D eigenvalue weighted by molar-refractivity contribution is 6.74. The number of aldehydes is 1. The number of hydrogen-bond donors (Lipinski definition) is 0. The predicted molar refractivity (Wildman–Crippen MR) is 74.0 cm³/mol. The Morgan fingerprint density at radius 1 is 1.33 bits per heavy atom. The van der Waals surface area contributed by atoms with Gasteiger partial charge in [0.1, 0.15) is 12.4 Å². The molecule has 1 unspecified atom stereocenters. The van der Waals surface area contributed by atoms with E-state index in [1.54, 1.807) is 0 Å². The third-order valence-electron chi connectivity index (χ3n) is 3.38. The van der Waals surface area contributed by atoms with Crippen molar-refractivity contribution in [3.8, 4) is 0 Å². The summed E-state index contributed by atoms with van der Waals surface area (Å²) in [5.41, 5.74) is 0. The van der Waals surface area contributed by atoms with Crippen LogP contribution in [0.4, 0.5) is 0 Å². The highest BCUT2D eigenvalue weighted by Crippen LogP contribution is 2.36. The quantitative estimate of drug-likeness (QED) is 0.407. The normalized spacial score (nSPS) is 14.1. The molecule has 0 aliphatic rings. The highest BCUT2D eigenvalue weighted by Gasteiger charge is 2.37. The molecule has 5 heteroatoms.